The minimum atomic E-state index is -0.899. The van der Waals surface area contributed by atoms with Crippen LogP contribution < -0.4 is 0 Å². The van der Waals surface area contributed by atoms with Crippen molar-refractivity contribution in [1.29, 1.82) is 0 Å². The smallest absolute Gasteiger partial charge is 0.305 e. The van der Waals surface area contributed by atoms with Gasteiger partial charge in [0, 0.05) is 17.6 Å². The number of hydrogen-bond donors (Lipinski definition) is 1. The number of amides is 1. The first-order valence-corrected chi connectivity index (χ1v) is 6.52. The highest BCUT2D eigenvalue weighted by molar-refractivity contribution is 9.10. The number of aryl methyl sites for hydroxylation is 1. The van der Waals surface area contributed by atoms with E-state index in [1.54, 1.807) is 6.07 Å². The van der Waals surface area contributed by atoms with Crippen molar-refractivity contribution in [3.63, 3.8) is 0 Å². The van der Waals surface area contributed by atoms with Gasteiger partial charge >= 0.3 is 5.97 Å². The highest BCUT2D eigenvalue weighted by Gasteiger charge is 2.17. The van der Waals surface area contributed by atoms with E-state index < -0.39 is 5.97 Å². The minimum absolute atomic E-state index is 0.0386. The molecular formula is C13H16BrNO3. The Balaban J connectivity index is 2.86. The lowest BCUT2D eigenvalue weighted by Gasteiger charge is -2.20. The Hall–Kier alpha value is -1.36. The first-order valence-electron chi connectivity index (χ1n) is 5.73. The average molecular weight is 314 g/mol. The van der Waals surface area contributed by atoms with Gasteiger partial charge in [-0.15, -0.1) is 0 Å². The zero-order chi connectivity index (χ0) is 13.7. The number of halogens is 1. The van der Waals surface area contributed by atoms with Gasteiger partial charge < -0.3 is 10.0 Å². The zero-order valence-electron chi connectivity index (χ0n) is 10.4. The van der Waals surface area contributed by atoms with Crippen LogP contribution in [0.5, 0.6) is 0 Å². The largest absolute Gasteiger partial charge is 0.481 e. The van der Waals surface area contributed by atoms with Crippen LogP contribution in [0.4, 0.5) is 0 Å². The van der Waals surface area contributed by atoms with E-state index in [0.717, 1.165) is 10.0 Å². The third-order valence-electron chi connectivity index (χ3n) is 2.62. The van der Waals surface area contributed by atoms with E-state index in [2.05, 4.69) is 15.9 Å². The lowest BCUT2D eigenvalue weighted by atomic mass is 10.1. The van der Waals surface area contributed by atoms with Crippen LogP contribution in [0.2, 0.25) is 0 Å². The number of aliphatic carboxylic acids is 1. The standard InChI is InChI=1S/C13H16BrNO3/c1-3-15(7-6-12(16)17)13(18)10-5-4-9(2)8-11(10)14/h4-5,8H,3,6-7H2,1-2H3,(H,16,17). The summed E-state index contributed by atoms with van der Waals surface area (Å²) in [7, 11) is 0. The number of hydrogen-bond acceptors (Lipinski definition) is 2. The van der Waals surface area contributed by atoms with Crippen LogP contribution in [0.25, 0.3) is 0 Å². The molecule has 0 unspecified atom stereocenters. The highest BCUT2D eigenvalue weighted by Crippen LogP contribution is 2.20. The van der Waals surface area contributed by atoms with Crippen molar-refractivity contribution in [2.75, 3.05) is 13.1 Å². The number of benzene rings is 1. The predicted molar refractivity (Wildman–Crippen MR) is 72.7 cm³/mol. The number of carbonyl (C=O) groups is 2. The van der Waals surface area contributed by atoms with Crippen LogP contribution >= 0.6 is 15.9 Å². The maximum atomic E-state index is 12.2. The normalized spacial score (nSPS) is 10.2. The van der Waals surface area contributed by atoms with Crippen molar-refractivity contribution in [1.82, 2.24) is 4.90 Å². The molecule has 0 saturated heterocycles. The maximum absolute atomic E-state index is 12.2. The molecular weight excluding hydrogens is 298 g/mol. The van der Waals surface area contributed by atoms with Crippen LogP contribution in [-0.4, -0.2) is 35.0 Å². The molecule has 0 aliphatic carbocycles. The molecule has 1 aromatic carbocycles. The van der Waals surface area contributed by atoms with E-state index in [0.29, 0.717) is 12.1 Å². The molecule has 0 saturated carbocycles. The fourth-order valence-electron chi connectivity index (χ4n) is 1.60. The van der Waals surface area contributed by atoms with Gasteiger partial charge in [0.15, 0.2) is 0 Å². The molecule has 0 atom stereocenters. The van der Waals surface area contributed by atoms with Crippen molar-refractivity contribution in [2.45, 2.75) is 20.3 Å². The fraction of sp³-hybridized carbons (Fsp3) is 0.385. The van der Waals surface area contributed by atoms with Crippen LogP contribution in [-0.2, 0) is 4.79 Å². The van der Waals surface area contributed by atoms with Crippen LogP contribution in [0.3, 0.4) is 0 Å². The van der Waals surface area contributed by atoms with E-state index in [-0.39, 0.29) is 18.9 Å². The number of carbonyl (C=O) groups excluding carboxylic acids is 1. The summed E-state index contributed by atoms with van der Waals surface area (Å²) in [4.78, 5) is 24.3. The Bertz CT molecular complexity index is 460. The first-order chi connectivity index (χ1) is 8.45. The van der Waals surface area contributed by atoms with E-state index in [1.807, 2.05) is 26.0 Å². The molecule has 1 aromatic rings. The summed E-state index contributed by atoms with van der Waals surface area (Å²) in [6.07, 6.45) is -0.0386. The molecule has 18 heavy (non-hydrogen) atoms. The van der Waals surface area contributed by atoms with Gasteiger partial charge in [-0.25, -0.2) is 0 Å². The van der Waals surface area contributed by atoms with Crippen LogP contribution in [0.15, 0.2) is 22.7 Å². The Morgan fingerprint density at radius 3 is 2.56 bits per heavy atom. The van der Waals surface area contributed by atoms with Gasteiger partial charge in [0.1, 0.15) is 0 Å². The molecule has 98 valence electrons. The Morgan fingerprint density at radius 2 is 2.06 bits per heavy atom. The van der Waals surface area contributed by atoms with Gasteiger partial charge in [-0.2, -0.15) is 0 Å². The first kappa shape index (κ1) is 14.7. The molecule has 0 aromatic heterocycles. The number of rotatable bonds is 5. The summed E-state index contributed by atoms with van der Waals surface area (Å²) in [6, 6.07) is 5.49. The van der Waals surface area contributed by atoms with Gasteiger partial charge in [-0.1, -0.05) is 6.07 Å². The van der Waals surface area contributed by atoms with E-state index >= 15 is 0 Å². The second kappa shape index (κ2) is 6.54. The van der Waals surface area contributed by atoms with Crippen molar-refractivity contribution < 1.29 is 14.7 Å². The van der Waals surface area contributed by atoms with E-state index in [9.17, 15) is 9.59 Å². The van der Waals surface area contributed by atoms with Crippen molar-refractivity contribution in [3.8, 4) is 0 Å². The minimum Gasteiger partial charge on any atom is -0.481 e. The monoisotopic (exact) mass is 313 g/mol. The summed E-state index contributed by atoms with van der Waals surface area (Å²) in [6.45, 7) is 4.50. The lowest BCUT2D eigenvalue weighted by Crippen LogP contribution is -2.33. The van der Waals surface area contributed by atoms with Crippen LogP contribution in [0.1, 0.15) is 29.3 Å². The SMILES string of the molecule is CCN(CCC(=O)O)C(=O)c1ccc(C)cc1Br. The summed E-state index contributed by atoms with van der Waals surface area (Å²) in [5.41, 5.74) is 1.62. The average Bonchev–Trinajstić information content (AvgIpc) is 2.29. The second-order valence-corrected chi connectivity index (χ2v) is 4.87. The third-order valence-corrected chi connectivity index (χ3v) is 3.28. The summed E-state index contributed by atoms with van der Waals surface area (Å²) in [5, 5.41) is 8.65. The molecule has 0 spiro atoms. The number of carboxylic acid groups (broad SMARTS) is 1. The van der Waals surface area contributed by atoms with Crippen molar-refractivity contribution >= 4 is 27.8 Å². The molecule has 1 N–H and O–H groups in total. The molecule has 0 aliphatic heterocycles. The summed E-state index contributed by atoms with van der Waals surface area (Å²) in [5.74, 6) is -1.05. The predicted octanol–water partition coefficient (Wildman–Crippen LogP) is 2.69. The molecule has 5 heteroatoms. The topological polar surface area (TPSA) is 57.6 Å². The highest BCUT2D eigenvalue weighted by atomic mass is 79.9. The molecule has 4 nitrogen and oxygen atoms in total. The quantitative estimate of drug-likeness (QED) is 0.909. The molecule has 0 aliphatic rings. The number of nitrogens with zero attached hydrogens (tertiary/aromatic N) is 1. The zero-order valence-corrected chi connectivity index (χ0v) is 12.0. The summed E-state index contributed by atoms with van der Waals surface area (Å²) < 4.78 is 0.737. The molecule has 0 fully saturated rings. The van der Waals surface area contributed by atoms with Gasteiger partial charge in [0.25, 0.3) is 5.91 Å². The fourth-order valence-corrected chi connectivity index (χ4v) is 2.26. The van der Waals surface area contributed by atoms with Gasteiger partial charge in [0.2, 0.25) is 0 Å². The Labute approximate surface area is 115 Å². The van der Waals surface area contributed by atoms with Gasteiger partial charge in [-0.3, -0.25) is 9.59 Å². The molecule has 0 radical (unpaired) electrons. The lowest BCUT2D eigenvalue weighted by molar-refractivity contribution is -0.137. The van der Waals surface area contributed by atoms with Gasteiger partial charge in [0.05, 0.1) is 12.0 Å². The van der Waals surface area contributed by atoms with Crippen LogP contribution in [0, 0.1) is 6.92 Å². The van der Waals surface area contributed by atoms with Crippen molar-refractivity contribution in [2.24, 2.45) is 0 Å². The van der Waals surface area contributed by atoms with Gasteiger partial charge in [-0.05, 0) is 47.5 Å². The number of carboxylic acids is 1. The molecule has 1 rings (SSSR count). The third kappa shape index (κ3) is 3.84. The maximum Gasteiger partial charge on any atom is 0.305 e. The molecule has 1 amide bonds. The van der Waals surface area contributed by atoms with E-state index in [1.165, 1.54) is 4.90 Å². The van der Waals surface area contributed by atoms with Crippen molar-refractivity contribution in [3.05, 3.63) is 33.8 Å². The second-order valence-electron chi connectivity index (χ2n) is 4.01. The molecule has 0 bridgehead atoms. The molecule has 0 heterocycles. The van der Waals surface area contributed by atoms with E-state index in [4.69, 9.17) is 5.11 Å². The summed E-state index contributed by atoms with van der Waals surface area (Å²) >= 11 is 3.36. The Morgan fingerprint density at radius 1 is 1.39 bits per heavy atom. The Kier molecular flexibility index (Phi) is 5.34.